The van der Waals surface area contributed by atoms with Crippen LogP contribution in [0.25, 0.3) is 0 Å². The molecule has 0 spiro atoms. The van der Waals surface area contributed by atoms with Crippen molar-refractivity contribution in [3.63, 3.8) is 0 Å². The molecule has 3 rings (SSSR count). The summed E-state index contributed by atoms with van der Waals surface area (Å²) in [6.07, 6.45) is 2.43. The van der Waals surface area contributed by atoms with Gasteiger partial charge in [-0.25, -0.2) is 18.1 Å². The van der Waals surface area contributed by atoms with Crippen molar-refractivity contribution in [3.05, 3.63) is 45.6 Å². The zero-order valence-electron chi connectivity index (χ0n) is 11.5. The number of hydrogen-bond acceptors (Lipinski definition) is 4. The standard InChI is InChI=1S/C14H15ClN2O2S2/c1-9-13(20-14(15)16-9)21(18,19)17-12-7-6-10-4-2-3-5-11(10)8-12/h2-5,12,17H,6-8H2,1H3. The van der Waals surface area contributed by atoms with Gasteiger partial charge in [-0.3, -0.25) is 0 Å². The molecule has 1 unspecified atom stereocenters. The van der Waals surface area contributed by atoms with E-state index in [1.54, 1.807) is 6.92 Å². The fraction of sp³-hybridized carbons (Fsp3) is 0.357. The zero-order chi connectivity index (χ0) is 15.0. The Morgan fingerprint density at radius 3 is 2.71 bits per heavy atom. The molecular weight excluding hydrogens is 328 g/mol. The van der Waals surface area contributed by atoms with Gasteiger partial charge in [0.05, 0.1) is 5.69 Å². The van der Waals surface area contributed by atoms with Crippen LogP contribution in [0.5, 0.6) is 0 Å². The minimum atomic E-state index is -3.55. The molecule has 1 aromatic carbocycles. The number of thiazole rings is 1. The Balaban J connectivity index is 1.80. The van der Waals surface area contributed by atoms with Gasteiger partial charge in [-0.2, -0.15) is 0 Å². The highest BCUT2D eigenvalue weighted by atomic mass is 35.5. The summed E-state index contributed by atoms with van der Waals surface area (Å²) in [5.74, 6) is 0. The molecule has 1 heterocycles. The predicted octanol–water partition coefficient (Wildman–Crippen LogP) is 2.94. The molecule has 1 aliphatic carbocycles. The van der Waals surface area contributed by atoms with Gasteiger partial charge in [0.25, 0.3) is 10.0 Å². The summed E-state index contributed by atoms with van der Waals surface area (Å²) in [4.78, 5) is 3.97. The normalized spacial score (nSPS) is 18.5. The van der Waals surface area contributed by atoms with Crippen molar-refractivity contribution in [1.82, 2.24) is 9.71 Å². The third kappa shape index (κ3) is 3.13. The van der Waals surface area contributed by atoms with Gasteiger partial charge in [-0.15, -0.1) is 0 Å². The molecule has 1 aromatic heterocycles. The summed E-state index contributed by atoms with van der Waals surface area (Å²) in [7, 11) is -3.55. The smallest absolute Gasteiger partial charge is 0.229 e. The molecule has 2 aromatic rings. The van der Waals surface area contributed by atoms with Crippen LogP contribution in [-0.4, -0.2) is 19.4 Å². The number of hydrogen-bond donors (Lipinski definition) is 1. The van der Waals surface area contributed by atoms with Crippen molar-refractivity contribution in [2.45, 2.75) is 36.4 Å². The van der Waals surface area contributed by atoms with E-state index in [0.29, 0.717) is 5.69 Å². The number of benzene rings is 1. The van der Waals surface area contributed by atoms with Crippen LogP contribution in [0.15, 0.2) is 28.5 Å². The van der Waals surface area contributed by atoms with E-state index in [9.17, 15) is 8.42 Å². The lowest BCUT2D eigenvalue weighted by atomic mass is 9.89. The second kappa shape index (κ2) is 5.68. The van der Waals surface area contributed by atoms with Gasteiger partial charge in [0.1, 0.15) is 0 Å². The van der Waals surface area contributed by atoms with Crippen LogP contribution in [0.1, 0.15) is 23.2 Å². The van der Waals surface area contributed by atoms with Crippen molar-refractivity contribution < 1.29 is 8.42 Å². The average Bonchev–Trinajstić information content (AvgIpc) is 2.78. The number of aromatic nitrogens is 1. The zero-order valence-corrected chi connectivity index (χ0v) is 13.9. The molecule has 4 nitrogen and oxygen atoms in total. The van der Waals surface area contributed by atoms with E-state index in [4.69, 9.17) is 11.6 Å². The quantitative estimate of drug-likeness (QED) is 0.933. The SMILES string of the molecule is Cc1nc(Cl)sc1S(=O)(=O)NC1CCc2ccccc2C1. The van der Waals surface area contributed by atoms with Crippen molar-refractivity contribution in [3.8, 4) is 0 Å². The lowest BCUT2D eigenvalue weighted by Gasteiger charge is -2.25. The molecule has 0 saturated carbocycles. The van der Waals surface area contributed by atoms with Gasteiger partial charge in [-0.05, 0) is 37.3 Å². The average molecular weight is 343 g/mol. The number of nitrogens with one attached hydrogen (secondary N) is 1. The van der Waals surface area contributed by atoms with E-state index in [2.05, 4.69) is 21.8 Å². The van der Waals surface area contributed by atoms with Gasteiger partial charge < -0.3 is 0 Å². The van der Waals surface area contributed by atoms with Gasteiger partial charge in [-0.1, -0.05) is 47.2 Å². The first-order valence-electron chi connectivity index (χ1n) is 6.68. The monoisotopic (exact) mass is 342 g/mol. The van der Waals surface area contributed by atoms with Crippen LogP contribution in [0.3, 0.4) is 0 Å². The lowest BCUT2D eigenvalue weighted by molar-refractivity contribution is 0.508. The van der Waals surface area contributed by atoms with Gasteiger partial charge in [0, 0.05) is 6.04 Å². The highest BCUT2D eigenvalue weighted by Crippen LogP contribution is 2.28. The second-order valence-electron chi connectivity index (χ2n) is 5.17. The number of nitrogens with zero attached hydrogens (tertiary/aromatic N) is 1. The van der Waals surface area contributed by atoms with E-state index in [-0.39, 0.29) is 14.7 Å². The van der Waals surface area contributed by atoms with Crippen LogP contribution < -0.4 is 4.72 Å². The van der Waals surface area contributed by atoms with E-state index < -0.39 is 10.0 Å². The molecule has 1 aliphatic rings. The molecule has 1 atom stereocenters. The maximum Gasteiger partial charge on any atom is 0.252 e. The van der Waals surface area contributed by atoms with Crippen LogP contribution in [-0.2, 0) is 22.9 Å². The van der Waals surface area contributed by atoms with Gasteiger partial charge in [0.15, 0.2) is 8.68 Å². The topological polar surface area (TPSA) is 59.1 Å². The fourth-order valence-electron chi connectivity index (χ4n) is 2.67. The maximum absolute atomic E-state index is 12.4. The summed E-state index contributed by atoms with van der Waals surface area (Å²) in [6, 6.07) is 8.09. The second-order valence-corrected chi connectivity index (χ2v) is 8.66. The number of aryl methyl sites for hydroxylation is 2. The summed E-state index contributed by atoms with van der Waals surface area (Å²) in [5, 5.41) is 0. The van der Waals surface area contributed by atoms with Gasteiger partial charge in [0.2, 0.25) is 0 Å². The number of rotatable bonds is 3. The predicted molar refractivity (Wildman–Crippen MR) is 84.4 cm³/mol. The molecule has 21 heavy (non-hydrogen) atoms. The third-order valence-corrected chi connectivity index (χ3v) is 7.03. The Labute approximate surface area is 133 Å². The van der Waals surface area contributed by atoms with Gasteiger partial charge >= 0.3 is 0 Å². The van der Waals surface area contributed by atoms with E-state index in [1.807, 2.05) is 12.1 Å². The molecule has 7 heteroatoms. The van der Waals surface area contributed by atoms with Crippen molar-refractivity contribution in [1.29, 1.82) is 0 Å². The Morgan fingerprint density at radius 2 is 2.05 bits per heavy atom. The Bertz CT molecular complexity index is 771. The minimum Gasteiger partial charge on any atom is -0.229 e. The van der Waals surface area contributed by atoms with E-state index in [0.717, 1.165) is 30.6 Å². The lowest BCUT2D eigenvalue weighted by Crippen LogP contribution is -2.38. The highest BCUT2D eigenvalue weighted by molar-refractivity contribution is 7.91. The summed E-state index contributed by atoms with van der Waals surface area (Å²) >= 11 is 6.80. The number of halogens is 1. The fourth-order valence-corrected chi connectivity index (χ4v) is 5.70. The maximum atomic E-state index is 12.4. The highest BCUT2D eigenvalue weighted by Gasteiger charge is 2.27. The van der Waals surface area contributed by atoms with Crippen LogP contribution in [0.2, 0.25) is 4.47 Å². The van der Waals surface area contributed by atoms with Crippen molar-refractivity contribution in [2.24, 2.45) is 0 Å². The van der Waals surface area contributed by atoms with Crippen molar-refractivity contribution >= 4 is 33.0 Å². The molecule has 0 aliphatic heterocycles. The largest absolute Gasteiger partial charge is 0.252 e. The molecule has 112 valence electrons. The Morgan fingerprint density at radius 1 is 1.33 bits per heavy atom. The molecule has 0 bridgehead atoms. The Hall–Kier alpha value is -0.950. The first-order chi connectivity index (χ1) is 9.95. The molecule has 0 amide bonds. The van der Waals surface area contributed by atoms with Crippen molar-refractivity contribution in [2.75, 3.05) is 0 Å². The van der Waals surface area contributed by atoms with Crippen LogP contribution in [0, 0.1) is 6.92 Å². The minimum absolute atomic E-state index is 0.0785. The summed E-state index contributed by atoms with van der Waals surface area (Å²) in [5.41, 5.74) is 2.98. The number of sulfonamides is 1. The number of fused-ring (bicyclic) bond motifs is 1. The molecule has 0 fully saturated rings. The third-order valence-electron chi connectivity index (χ3n) is 3.64. The molecule has 1 N–H and O–H groups in total. The molecule has 0 saturated heterocycles. The van der Waals surface area contributed by atoms with Crippen LogP contribution >= 0.6 is 22.9 Å². The van der Waals surface area contributed by atoms with E-state index in [1.165, 1.54) is 11.1 Å². The summed E-state index contributed by atoms with van der Waals surface area (Å²) in [6.45, 7) is 1.66. The Kier molecular flexibility index (Phi) is 4.05. The van der Waals surface area contributed by atoms with E-state index >= 15 is 0 Å². The molecular formula is C14H15ClN2O2S2. The summed E-state index contributed by atoms with van der Waals surface area (Å²) < 4.78 is 28.2. The molecule has 0 radical (unpaired) electrons. The van der Waals surface area contributed by atoms with Crippen LogP contribution in [0.4, 0.5) is 0 Å². The first kappa shape index (κ1) is 15.0. The first-order valence-corrected chi connectivity index (χ1v) is 9.35.